The van der Waals surface area contributed by atoms with Crippen molar-refractivity contribution in [1.82, 2.24) is 4.57 Å². The molecular weight excluding hydrogens is 348 g/mol. The highest BCUT2D eigenvalue weighted by Crippen LogP contribution is 2.29. The zero-order valence-corrected chi connectivity index (χ0v) is 16.7. The Morgan fingerprint density at radius 1 is 1.00 bits per heavy atom. The van der Waals surface area contributed by atoms with Crippen LogP contribution in [0.25, 0.3) is 22.2 Å². The van der Waals surface area contributed by atoms with Gasteiger partial charge in [-0.1, -0.05) is 18.2 Å². The number of aliphatic hydroxyl groups excluding tert-OH is 1. The van der Waals surface area contributed by atoms with Crippen LogP contribution in [0.1, 0.15) is 25.7 Å². The number of hydrogen-bond acceptors (Lipinski definition) is 2. The van der Waals surface area contributed by atoms with Gasteiger partial charge in [-0.25, -0.2) is 0 Å². The van der Waals surface area contributed by atoms with Gasteiger partial charge in [0.2, 0.25) is 0 Å². The first-order valence-electron chi connectivity index (χ1n) is 10.5. The summed E-state index contributed by atoms with van der Waals surface area (Å²) in [6, 6.07) is 18.8. The Morgan fingerprint density at radius 3 is 2.43 bits per heavy atom. The van der Waals surface area contributed by atoms with Gasteiger partial charge in [-0.15, -0.1) is 0 Å². The minimum Gasteiger partial charge on any atom is -0.497 e. The van der Waals surface area contributed by atoms with Crippen LogP contribution in [0.3, 0.4) is 0 Å². The fourth-order valence-electron chi connectivity index (χ4n) is 4.45. The highest BCUT2D eigenvalue weighted by atomic mass is 16.5. The molecule has 0 radical (unpaired) electrons. The van der Waals surface area contributed by atoms with Crippen molar-refractivity contribution in [3.05, 3.63) is 54.6 Å². The van der Waals surface area contributed by atoms with E-state index in [1.54, 1.807) is 12.0 Å². The fourth-order valence-corrected chi connectivity index (χ4v) is 4.45. The number of aliphatic hydroxyl groups is 1. The third-order valence-electron chi connectivity index (χ3n) is 5.92. The largest absolute Gasteiger partial charge is 0.497 e. The number of quaternary nitrogens is 1. The van der Waals surface area contributed by atoms with Crippen LogP contribution in [0.5, 0.6) is 5.75 Å². The second kappa shape index (κ2) is 8.80. The van der Waals surface area contributed by atoms with Crippen molar-refractivity contribution in [1.29, 1.82) is 0 Å². The van der Waals surface area contributed by atoms with Gasteiger partial charge >= 0.3 is 0 Å². The predicted octanol–water partition coefficient (Wildman–Crippen LogP) is 3.14. The number of fused-ring (bicyclic) bond motifs is 1. The summed E-state index contributed by atoms with van der Waals surface area (Å²) >= 11 is 0. The molecule has 28 heavy (non-hydrogen) atoms. The van der Waals surface area contributed by atoms with Gasteiger partial charge in [-0.2, -0.15) is 0 Å². The lowest BCUT2D eigenvalue weighted by Gasteiger charge is -2.22. The Bertz CT molecular complexity index is 893. The molecular formula is C24H31N2O2+. The molecule has 1 fully saturated rings. The van der Waals surface area contributed by atoms with E-state index in [4.69, 9.17) is 4.74 Å². The molecule has 2 heterocycles. The van der Waals surface area contributed by atoms with Crippen molar-refractivity contribution in [3.8, 4) is 17.0 Å². The SMILES string of the molecule is COc1ccc(-c2cc3ccccc3n2C[C@@H](O)C[NH+]2CCCCCC2)cc1. The third kappa shape index (κ3) is 4.23. The molecule has 4 rings (SSSR count). The van der Waals surface area contributed by atoms with Crippen LogP contribution in [-0.4, -0.2) is 42.5 Å². The van der Waals surface area contributed by atoms with Gasteiger partial charge in [0.25, 0.3) is 0 Å². The van der Waals surface area contributed by atoms with Crippen LogP contribution < -0.4 is 9.64 Å². The molecule has 0 aliphatic carbocycles. The fraction of sp³-hybridized carbons (Fsp3) is 0.417. The average Bonchev–Trinajstić information content (AvgIpc) is 2.88. The minimum atomic E-state index is -0.346. The predicted molar refractivity (Wildman–Crippen MR) is 114 cm³/mol. The van der Waals surface area contributed by atoms with Crippen LogP contribution in [0, 0.1) is 0 Å². The number of hydrogen-bond donors (Lipinski definition) is 2. The summed E-state index contributed by atoms with van der Waals surface area (Å²) in [5.41, 5.74) is 3.47. The highest BCUT2D eigenvalue weighted by molar-refractivity contribution is 5.87. The number of rotatable bonds is 6. The summed E-state index contributed by atoms with van der Waals surface area (Å²) in [6.45, 7) is 3.83. The third-order valence-corrected chi connectivity index (χ3v) is 5.92. The van der Waals surface area contributed by atoms with Gasteiger partial charge in [-0.05, 0) is 67.6 Å². The van der Waals surface area contributed by atoms with Crippen molar-refractivity contribution in [2.75, 3.05) is 26.7 Å². The molecule has 4 heteroatoms. The van der Waals surface area contributed by atoms with Crippen LogP contribution in [-0.2, 0) is 6.54 Å². The summed E-state index contributed by atoms with van der Waals surface area (Å²) in [5.74, 6) is 0.858. The molecule has 0 saturated carbocycles. The molecule has 1 aliphatic rings. The molecule has 148 valence electrons. The number of nitrogens with one attached hydrogen (secondary N) is 1. The van der Waals surface area contributed by atoms with Crippen LogP contribution in [0.2, 0.25) is 0 Å². The Morgan fingerprint density at radius 2 is 1.71 bits per heavy atom. The summed E-state index contributed by atoms with van der Waals surface area (Å²) < 4.78 is 7.58. The maximum Gasteiger partial charge on any atom is 0.121 e. The number of benzene rings is 2. The molecule has 1 atom stereocenters. The number of ether oxygens (including phenoxy) is 1. The molecule has 2 aromatic carbocycles. The molecule has 0 amide bonds. The Hall–Kier alpha value is -2.30. The lowest BCUT2D eigenvalue weighted by Crippen LogP contribution is -3.13. The molecule has 0 bridgehead atoms. The first-order chi connectivity index (χ1) is 13.7. The number of para-hydroxylation sites is 1. The molecule has 4 nitrogen and oxygen atoms in total. The summed E-state index contributed by atoms with van der Waals surface area (Å²) in [6.07, 6.45) is 4.89. The van der Waals surface area contributed by atoms with Gasteiger partial charge in [0.05, 0.1) is 26.7 Å². The molecule has 3 aromatic rings. The van der Waals surface area contributed by atoms with Crippen LogP contribution in [0.4, 0.5) is 0 Å². The Labute approximate surface area is 167 Å². The Balaban J connectivity index is 1.60. The van der Waals surface area contributed by atoms with E-state index in [1.807, 2.05) is 12.1 Å². The molecule has 1 saturated heterocycles. The normalized spacial score (nSPS) is 16.8. The van der Waals surface area contributed by atoms with E-state index in [0.29, 0.717) is 6.54 Å². The monoisotopic (exact) mass is 379 g/mol. The van der Waals surface area contributed by atoms with Gasteiger partial charge in [0.15, 0.2) is 0 Å². The molecule has 1 aromatic heterocycles. The van der Waals surface area contributed by atoms with E-state index in [1.165, 1.54) is 49.7 Å². The lowest BCUT2D eigenvalue weighted by atomic mass is 10.1. The first kappa shape index (κ1) is 19.0. The second-order valence-corrected chi connectivity index (χ2v) is 7.95. The lowest BCUT2D eigenvalue weighted by molar-refractivity contribution is -0.902. The quantitative estimate of drug-likeness (QED) is 0.691. The van der Waals surface area contributed by atoms with Crippen molar-refractivity contribution in [2.24, 2.45) is 0 Å². The van der Waals surface area contributed by atoms with Crippen molar-refractivity contribution >= 4 is 10.9 Å². The number of nitrogens with zero attached hydrogens (tertiary/aromatic N) is 1. The van der Waals surface area contributed by atoms with E-state index in [9.17, 15) is 5.11 Å². The highest BCUT2D eigenvalue weighted by Gasteiger charge is 2.20. The van der Waals surface area contributed by atoms with Crippen LogP contribution in [0.15, 0.2) is 54.6 Å². The van der Waals surface area contributed by atoms with Gasteiger partial charge in [0.1, 0.15) is 18.4 Å². The Kier molecular flexibility index (Phi) is 5.98. The van der Waals surface area contributed by atoms with Crippen molar-refractivity contribution in [2.45, 2.75) is 38.3 Å². The summed E-state index contributed by atoms with van der Waals surface area (Å²) in [5, 5.41) is 12.1. The summed E-state index contributed by atoms with van der Waals surface area (Å²) in [4.78, 5) is 1.55. The van der Waals surface area contributed by atoms with E-state index < -0.39 is 0 Å². The maximum absolute atomic E-state index is 10.9. The number of likely N-dealkylation sites (tertiary alicyclic amines) is 1. The van der Waals surface area contributed by atoms with Crippen molar-refractivity contribution < 1.29 is 14.7 Å². The first-order valence-corrected chi connectivity index (χ1v) is 10.5. The molecule has 0 unspecified atom stereocenters. The zero-order valence-electron chi connectivity index (χ0n) is 16.7. The van der Waals surface area contributed by atoms with Gasteiger partial charge in [-0.3, -0.25) is 0 Å². The van der Waals surface area contributed by atoms with E-state index in [2.05, 4.69) is 47.0 Å². The summed E-state index contributed by atoms with van der Waals surface area (Å²) in [7, 11) is 1.69. The van der Waals surface area contributed by atoms with E-state index >= 15 is 0 Å². The molecule has 2 N–H and O–H groups in total. The van der Waals surface area contributed by atoms with Crippen molar-refractivity contribution in [3.63, 3.8) is 0 Å². The number of aromatic nitrogens is 1. The van der Waals surface area contributed by atoms with Gasteiger partial charge < -0.3 is 19.3 Å². The average molecular weight is 380 g/mol. The maximum atomic E-state index is 10.9. The topological polar surface area (TPSA) is 38.8 Å². The van der Waals surface area contributed by atoms with E-state index in [0.717, 1.165) is 23.6 Å². The van der Waals surface area contributed by atoms with Gasteiger partial charge in [0, 0.05) is 16.6 Å². The molecule has 1 aliphatic heterocycles. The molecule has 0 spiro atoms. The minimum absolute atomic E-state index is 0.346. The number of methoxy groups -OCH3 is 1. The zero-order chi connectivity index (χ0) is 19.3. The smallest absolute Gasteiger partial charge is 0.121 e. The van der Waals surface area contributed by atoms with E-state index in [-0.39, 0.29) is 6.10 Å². The van der Waals surface area contributed by atoms with Crippen LogP contribution >= 0.6 is 0 Å². The second-order valence-electron chi connectivity index (χ2n) is 7.95. The standard InChI is InChI=1S/C24H30N2O2/c1-28-22-12-10-19(11-13-22)24-16-20-8-4-5-9-23(20)26(24)18-21(27)17-25-14-6-2-3-7-15-25/h4-5,8-13,16,21,27H,2-3,6-7,14-15,17-18H2,1H3/p+1/t21-/m0/s1.